The quantitative estimate of drug-likeness (QED) is 0.823. The molecule has 2 N–H and O–H groups in total. The maximum Gasteiger partial charge on any atom is 0.105 e. The van der Waals surface area contributed by atoms with Gasteiger partial charge in [-0.1, -0.05) is 29.9 Å². The van der Waals surface area contributed by atoms with Gasteiger partial charge in [0.05, 0.1) is 5.52 Å². The molecule has 0 saturated heterocycles. The van der Waals surface area contributed by atoms with E-state index in [0.717, 1.165) is 52.3 Å². The normalized spacial score (nSPS) is 15.3. The second kappa shape index (κ2) is 4.95. The highest BCUT2D eigenvalue weighted by molar-refractivity contribution is 7.80. The summed E-state index contributed by atoms with van der Waals surface area (Å²) in [5.41, 5.74) is 11.1. The second-order valence-electron chi connectivity index (χ2n) is 5.33. The molecular formula is C15H16ClN3S. The number of thiocarbonyl (C=S) groups is 1. The molecule has 3 rings (SSSR count). The van der Waals surface area contributed by atoms with Gasteiger partial charge >= 0.3 is 0 Å². The van der Waals surface area contributed by atoms with Crippen molar-refractivity contribution in [2.75, 3.05) is 13.6 Å². The predicted molar refractivity (Wildman–Crippen MR) is 87.4 cm³/mol. The summed E-state index contributed by atoms with van der Waals surface area (Å²) >= 11 is 11.5. The number of hydrogen-bond acceptors (Lipinski definition) is 3. The maximum absolute atomic E-state index is 6.21. The lowest BCUT2D eigenvalue weighted by Crippen LogP contribution is -2.30. The number of halogens is 1. The van der Waals surface area contributed by atoms with Crippen LogP contribution >= 0.6 is 23.8 Å². The van der Waals surface area contributed by atoms with Crippen LogP contribution in [0.1, 0.15) is 22.4 Å². The van der Waals surface area contributed by atoms with Gasteiger partial charge in [0.1, 0.15) is 4.99 Å². The zero-order valence-electron chi connectivity index (χ0n) is 11.5. The number of aromatic nitrogens is 1. The maximum atomic E-state index is 6.21. The van der Waals surface area contributed by atoms with Crippen LogP contribution in [0, 0.1) is 6.92 Å². The molecule has 0 bridgehead atoms. The molecule has 0 atom stereocenters. The highest BCUT2D eigenvalue weighted by atomic mass is 35.5. The van der Waals surface area contributed by atoms with Gasteiger partial charge in [-0.25, -0.2) is 0 Å². The monoisotopic (exact) mass is 305 g/mol. The van der Waals surface area contributed by atoms with Crippen LogP contribution < -0.4 is 5.73 Å². The lowest BCUT2D eigenvalue weighted by atomic mass is 9.95. The Morgan fingerprint density at radius 2 is 2.20 bits per heavy atom. The van der Waals surface area contributed by atoms with Crippen LogP contribution in [0.5, 0.6) is 0 Å². The highest BCUT2D eigenvalue weighted by Crippen LogP contribution is 2.31. The molecule has 0 aliphatic carbocycles. The van der Waals surface area contributed by atoms with Crippen molar-refractivity contribution in [3.8, 4) is 0 Å². The molecule has 2 aromatic rings. The number of rotatable bonds is 1. The Morgan fingerprint density at radius 3 is 2.90 bits per heavy atom. The molecule has 0 fully saturated rings. The number of fused-ring (bicyclic) bond motifs is 2. The van der Waals surface area contributed by atoms with Gasteiger partial charge in [0, 0.05) is 41.2 Å². The highest BCUT2D eigenvalue weighted by Gasteiger charge is 2.22. The molecule has 1 aromatic carbocycles. The van der Waals surface area contributed by atoms with Gasteiger partial charge in [0.2, 0.25) is 0 Å². The summed E-state index contributed by atoms with van der Waals surface area (Å²) in [7, 11) is 2.10. The van der Waals surface area contributed by atoms with Crippen molar-refractivity contribution in [3.63, 3.8) is 0 Å². The molecule has 2 heterocycles. The molecule has 3 nitrogen and oxygen atoms in total. The molecule has 1 aliphatic rings. The Hall–Kier alpha value is -1.23. The smallest absolute Gasteiger partial charge is 0.105 e. The van der Waals surface area contributed by atoms with Crippen molar-refractivity contribution in [2.24, 2.45) is 5.73 Å². The summed E-state index contributed by atoms with van der Waals surface area (Å²) in [4.78, 5) is 7.53. The lowest BCUT2D eigenvalue weighted by Gasteiger charge is -2.27. The minimum Gasteiger partial charge on any atom is -0.389 e. The lowest BCUT2D eigenvalue weighted by molar-refractivity contribution is 0.310. The third kappa shape index (κ3) is 2.08. The van der Waals surface area contributed by atoms with Crippen LogP contribution in [0.25, 0.3) is 10.9 Å². The SMILES string of the molecule is Cc1c(Cl)ccc2c(C(N)=S)c3c(nc12)CCN(C)C3. The zero-order chi connectivity index (χ0) is 14.4. The van der Waals surface area contributed by atoms with Gasteiger partial charge in [-0.2, -0.15) is 0 Å². The molecule has 0 amide bonds. The number of aryl methyl sites for hydroxylation is 1. The van der Waals surface area contributed by atoms with E-state index in [2.05, 4.69) is 11.9 Å². The van der Waals surface area contributed by atoms with Crippen LogP contribution in [0.4, 0.5) is 0 Å². The van der Waals surface area contributed by atoms with E-state index >= 15 is 0 Å². The Balaban J connectivity index is 2.41. The van der Waals surface area contributed by atoms with Gasteiger partial charge in [-0.3, -0.25) is 4.98 Å². The second-order valence-corrected chi connectivity index (χ2v) is 6.18. The summed E-state index contributed by atoms with van der Waals surface area (Å²) in [6.45, 7) is 3.83. The Kier molecular flexibility index (Phi) is 3.40. The summed E-state index contributed by atoms with van der Waals surface area (Å²) < 4.78 is 0. The summed E-state index contributed by atoms with van der Waals surface area (Å²) in [5.74, 6) is 0. The van der Waals surface area contributed by atoms with Crippen molar-refractivity contribution in [1.82, 2.24) is 9.88 Å². The first kappa shape index (κ1) is 13.7. The van der Waals surface area contributed by atoms with Crippen molar-refractivity contribution in [2.45, 2.75) is 19.9 Å². The van der Waals surface area contributed by atoms with Crippen molar-refractivity contribution in [3.05, 3.63) is 39.5 Å². The van der Waals surface area contributed by atoms with Gasteiger partial charge < -0.3 is 10.6 Å². The average Bonchev–Trinajstić information content (AvgIpc) is 2.40. The Morgan fingerprint density at radius 1 is 1.45 bits per heavy atom. The third-order valence-electron chi connectivity index (χ3n) is 3.94. The first-order valence-corrected chi connectivity index (χ1v) is 7.36. The summed E-state index contributed by atoms with van der Waals surface area (Å²) in [5, 5.41) is 1.74. The first-order valence-electron chi connectivity index (χ1n) is 6.58. The minimum atomic E-state index is 0.436. The fourth-order valence-corrected chi connectivity index (χ4v) is 3.22. The molecule has 0 saturated carbocycles. The molecule has 0 spiro atoms. The average molecular weight is 306 g/mol. The molecule has 1 aromatic heterocycles. The van der Waals surface area contributed by atoms with Gasteiger partial charge in [-0.15, -0.1) is 0 Å². The van der Waals surface area contributed by atoms with Crippen LogP contribution in [-0.4, -0.2) is 28.5 Å². The van der Waals surface area contributed by atoms with E-state index in [9.17, 15) is 0 Å². The number of nitrogens with zero attached hydrogens (tertiary/aromatic N) is 2. The topological polar surface area (TPSA) is 42.1 Å². The number of nitrogens with two attached hydrogens (primary N) is 1. The van der Waals surface area contributed by atoms with E-state index in [-0.39, 0.29) is 0 Å². The minimum absolute atomic E-state index is 0.436. The fraction of sp³-hybridized carbons (Fsp3) is 0.333. The van der Waals surface area contributed by atoms with Crippen molar-refractivity contribution >= 4 is 39.7 Å². The number of hydrogen-bond donors (Lipinski definition) is 1. The van der Waals surface area contributed by atoms with Gasteiger partial charge in [0.25, 0.3) is 0 Å². The van der Waals surface area contributed by atoms with E-state index in [1.165, 1.54) is 5.56 Å². The molecule has 5 heteroatoms. The Labute approximate surface area is 128 Å². The number of likely N-dealkylation sites (N-methyl/N-ethyl adjacent to an activating group) is 1. The van der Waals surface area contributed by atoms with Crippen LogP contribution in [0.15, 0.2) is 12.1 Å². The van der Waals surface area contributed by atoms with E-state index in [4.69, 9.17) is 34.5 Å². The van der Waals surface area contributed by atoms with Crippen LogP contribution in [-0.2, 0) is 13.0 Å². The fourth-order valence-electron chi connectivity index (χ4n) is 2.83. The van der Waals surface area contributed by atoms with Crippen molar-refractivity contribution in [1.29, 1.82) is 0 Å². The third-order valence-corrected chi connectivity index (χ3v) is 4.55. The van der Waals surface area contributed by atoms with E-state index in [0.29, 0.717) is 4.99 Å². The zero-order valence-corrected chi connectivity index (χ0v) is 13.1. The van der Waals surface area contributed by atoms with Crippen LogP contribution in [0.2, 0.25) is 5.02 Å². The number of pyridine rings is 1. The van der Waals surface area contributed by atoms with Gasteiger partial charge in [-0.05, 0) is 31.2 Å². The van der Waals surface area contributed by atoms with Crippen molar-refractivity contribution < 1.29 is 0 Å². The van der Waals surface area contributed by atoms with Gasteiger partial charge in [0.15, 0.2) is 0 Å². The van der Waals surface area contributed by atoms with Crippen LogP contribution in [0.3, 0.4) is 0 Å². The Bertz CT molecular complexity index is 727. The van der Waals surface area contributed by atoms with E-state index < -0.39 is 0 Å². The first-order chi connectivity index (χ1) is 9.49. The molecule has 20 heavy (non-hydrogen) atoms. The predicted octanol–water partition coefficient (Wildman–Crippen LogP) is 2.82. The largest absolute Gasteiger partial charge is 0.389 e. The summed E-state index contributed by atoms with van der Waals surface area (Å²) in [6.07, 6.45) is 0.920. The molecular weight excluding hydrogens is 290 g/mol. The van der Waals surface area contributed by atoms with E-state index in [1.54, 1.807) is 0 Å². The molecule has 104 valence electrons. The molecule has 0 radical (unpaired) electrons. The number of benzene rings is 1. The summed E-state index contributed by atoms with van der Waals surface area (Å²) in [6, 6.07) is 3.86. The standard InChI is InChI=1S/C15H16ClN3S/c1-8-11(16)4-3-9-13(15(17)20)10-7-19(2)6-5-12(10)18-14(8)9/h3-4H,5-7H2,1-2H3,(H2,17,20). The van der Waals surface area contributed by atoms with E-state index in [1.807, 2.05) is 19.1 Å². The molecule has 0 unspecified atom stereocenters. The molecule has 1 aliphatic heterocycles.